The Morgan fingerprint density at radius 1 is 1.08 bits per heavy atom. The lowest BCUT2D eigenvalue weighted by molar-refractivity contribution is -0.198. The summed E-state index contributed by atoms with van der Waals surface area (Å²) in [4.78, 5) is 11.7. The van der Waals surface area contributed by atoms with Crippen molar-refractivity contribution in [2.45, 2.75) is 89.8 Å². The number of epoxide rings is 2. The molecule has 0 spiro atoms. The minimum atomic E-state index is -0.594. The molecular weight excluding hydrogens is 316 g/mol. The van der Waals surface area contributed by atoms with Crippen molar-refractivity contribution in [2.24, 2.45) is 34.5 Å². The summed E-state index contributed by atoms with van der Waals surface area (Å²) in [5.74, 6) is 2.33. The number of hydrogen-bond donors (Lipinski definition) is 0. The molecule has 0 aromatic carbocycles. The summed E-state index contributed by atoms with van der Waals surface area (Å²) in [6, 6.07) is 0. The summed E-state index contributed by atoms with van der Waals surface area (Å²) in [6.45, 7) is 6.44. The summed E-state index contributed by atoms with van der Waals surface area (Å²) in [6.07, 6.45) is 10.1. The molecule has 0 N–H and O–H groups in total. The number of ether oxygens (including phenoxy) is 3. The van der Waals surface area contributed by atoms with Crippen molar-refractivity contribution in [2.75, 3.05) is 0 Å². The van der Waals surface area contributed by atoms with E-state index in [4.69, 9.17) is 14.2 Å². The van der Waals surface area contributed by atoms with Gasteiger partial charge in [0.05, 0.1) is 12.2 Å². The first-order valence-electron chi connectivity index (χ1n) is 10.4. The largest absolute Gasteiger partial charge is 0.430 e. The predicted octanol–water partition coefficient (Wildman–Crippen LogP) is 3.67. The predicted molar refractivity (Wildman–Crippen MR) is 90.5 cm³/mol. The molecule has 4 saturated carbocycles. The Kier molecular flexibility index (Phi) is 2.74. The zero-order valence-electron chi connectivity index (χ0n) is 15.6. The molecule has 0 bridgehead atoms. The Bertz CT molecular complexity index is 648. The van der Waals surface area contributed by atoms with Crippen LogP contribution in [0.1, 0.15) is 65.7 Å². The highest BCUT2D eigenvalue weighted by molar-refractivity contribution is 5.67. The SMILES string of the molecule is CC(=O)O[C@]12O[C@@H]1C[C@H]1[C@@H]3CC[C@H]4C[C@H]5O[C@H]5C[C@]4(C)[C@H]3CC[C@@]12C. The second-order valence-electron chi connectivity index (χ2n) is 10.4. The highest BCUT2D eigenvalue weighted by Gasteiger charge is 2.80. The Hall–Kier alpha value is -0.610. The van der Waals surface area contributed by atoms with Gasteiger partial charge in [-0.3, -0.25) is 4.79 Å². The number of carbonyl (C=O) groups excluding carboxylic acids is 1. The van der Waals surface area contributed by atoms with E-state index in [1.165, 1.54) is 39.0 Å². The van der Waals surface area contributed by atoms with Crippen LogP contribution in [0.3, 0.4) is 0 Å². The molecule has 0 radical (unpaired) electrons. The average molecular weight is 346 g/mol. The molecule has 0 aromatic rings. The molecule has 25 heavy (non-hydrogen) atoms. The highest BCUT2D eigenvalue weighted by Crippen LogP contribution is 2.74. The maximum atomic E-state index is 11.7. The lowest BCUT2D eigenvalue weighted by atomic mass is 9.45. The summed E-state index contributed by atoms with van der Waals surface area (Å²) in [7, 11) is 0. The fourth-order valence-corrected chi connectivity index (χ4v) is 8.24. The van der Waals surface area contributed by atoms with E-state index < -0.39 is 5.79 Å². The molecule has 6 rings (SSSR count). The number of hydrogen-bond acceptors (Lipinski definition) is 4. The Labute approximate surface area is 150 Å². The van der Waals surface area contributed by atoms with E-state index in [1.54, 1.807) is 0 Å². The second-order valence-corrected chi connectivity index (χ2v) is 10.4. The zero-order valence-corrected chi connectivity index (χ0v) is 15.6. The van der Waals surface area contributed by atoms with Gasteiger partial charge < -0.3 is 14.2 Å². The van der Waals surface area contributed by atoms with Gasteiger partial charge in [-0.15, -0.1) is 0 Å². The van der Waals surface area contributed by atoms with Gasteiger partial charge in [-0.2, -0.15) is 0 Å². The van der Waals surface area contributed by atoms with Crippen molar-refractivity contribution in [1.82, 2.24) is 0 Å². The third-order valence-electron chi connectivity index (χ3n) is 9.54. The van der Waals surface area contributed by atoms with Crippen molar-refractivity contribution in [1.29, 1.82) is 0 Å². The molecular formula is C21H30O4. The Balaban J connectivity index is 1.32. The maximum Gasteiger partial charge on any atom is 0.305 e. The second kappa shape index (κ2) is 4.44. The zero-order chi connectivity index (χ0) is 17.2. The average Bonchev–Trinajstić information content (AvgIpc) is 3.42. The molecule has 4 nitrogen and oxygen atoms in total. The van der Waals surface area contributed by atoms with Crippen molar-refractivity contribution in [3.63, 3.8) is 0 Å². The maximum absolute atomic E-state index is 11.7. The van der Waals surface area contributed by atoms with E-state index in [2.05, 4.69) is 13.8 Å². The molecule has 2 heterocycles. The molecule has 0 unspecified atom stereocenters. The number of fused-ring (bicyclic) bond motifs is 8. The smallest absolute Gasteiger partial charge is 0.305 e. The van der Waals surface area contributed by atoms with Crippen molar-refractivity contribution >= 4 is 5.97 Å². The number of carbonyl (C=O) groups is 1. The van der Waals surface area contributed by atoms with Crippen LogP contribution < -0.4 is 0 Å². The molecule has 6 fully saturated rings. The Morgan fingerprint density at radius 2 is 1.92 bits per heavy atom. The first kappa shape index (κ1) is 15.4. The van der Waals surface area contributed by atoms with Crippen molar-refractivity contribution < 1.29 is 19.0 Å². The molecule has 0 aromatic heterocycles. The van der Waals surface area contributed by atoms with E-state index in [-0.39, 0.29) is 17.5 Å². The van der Waals surface area contributed by atoms with Crippen LogP contribution in [0.15, 0.2) is 0 Å². The summed E-state index contributed by atoms with van der Waals surface area (Å²) in [5, 5.41) is 0. The van der Waals surface area contributed by atoms with E-state index in [0.29, 0.717) is 23.5 Å². The van der Waals surface area contributed by atoms with Crippen LogP contribution in [0.2, 0.25) is 0 Å². The molecule has 138 valence electrons. The van der Waals surface area contributed by atoms with E-state index in [1.807, 2.05) is 0 Å². The summed E-state index contributed by atoms with van der Waals surface area (Å²) < 4.78 is 17.7. The van der Waals surface area contributed by atoms with Gasteiger partial charge in [-0.05, 0) is 74.0 Å². The third kappa shape index (κ3) is 1.74. The van der Waals surface area contributed by atoms with E-state index in [9.17, 15) is 4.79 Å². The highest BCUT2D eigenvalue weighted by atomic mass is 16.8. The lowest BCUT2D eigenvalue weighted by Gasteiger charge is -2.60. The molecule has 4 heteroatoms. The molecule has 0 amide bonds. The van der Waals surface area contributed by atoms with Crippen LogP contribution in [0.5, 0.6) is 0 Å². The molecule has 2 aliphatic heterocycles. The van der Waals surface area contributed by atoms with Gasteiger partial charge in [0.15, 0.2) is 0 Å². The standard InChI is InChI=1S/C21H30O4/c1-11(22)24-21-18(25-21)9-15-13-5-4-12-8-16-17(23-16)10-19(12,2)14(13)6-7-20(15,21)3/h12-18H,4-10H2,1-3H3/t12-,13+,14-,15-,16+,17-,18+,19-,20-,21-/m0/s1. The molecule has 6 aliphatic rings. The summed E-state index contributed by atoms with van der Waals surface area (Å²) in [5.41, 5.74) is 0.477. The van der Waals surface area contributed by atoms with Gasteiger partial charge in [0, 0.05) is 12.3 Å². The quantitative estimate of drug-likeness (QED) is 0.537. The first-order valence-corrected chi connectivity index (χ1v) is 10.4. The van der Waals surface area contributed by atoms with E-state index in [0.717, 1.165) is 30.6 Å². The van der Waals surface area contributed by atoms with Crippen molar-refractivity contribution in [3.05, 3.63) is 0 Å². The normalized spacial score (nSPS) is 63.4. The number of esters is 1. The minimum Gasteiger partial charge on any atom is -0.430 e. The van der Waals surface area contributed by atoms with Gasteiger partial charge in [0.2, 0.25) is 5.79 Å². The fourth-order valence-electron chi connectivity index (χ4n) is 8.24. The van der Waals surface area contributed by atoms with Gasteiger partial charge in [-0.1, -0.05) is 13.8 Å². The third-order valence-corrected chi connectivity index (χ3v) is 9.54. The van der Waals surface area contributed by atoms with Crippen LogP contribution >= 0.6 is 0 Å². The fraction of sp³-hybridized carbons (Fsp3) is 0.952. The van der Waals surface area contributed by atoms with E-state index >= 15 is 0 Å². The topological polar surface area (TPSA) is 51.4 Å². The Morgan fingerprint density at radius 3 is 2.72 bits per heavy atom. The number of rotatable bonds is 1. The van der Waals surface area contributed by atoms with Gasteiger partial charge in [-0.25, -0.2) is 0 Å². The monoisotopic (exact) mass is 346 g/mol. The molecule has 2 saturated heterocycles. The lowest BCUT2D eigenvalue weighted by Crippen LogP contribution is -2.56. The van der Waals surface area contributed by atoms with Gasteiger partial charge >= 0.3 is 5.97 Å². The van der Waals surface area contributed by atoms with Crippen LogP contribution in [0.25, 0.3) is 0 Å². The first-order chi connectivity index (χ1) is 11.9. The minimum absolute atomic E-state index is 0.0149. The van der Waals surface area contributed by atoms with Crippen LogP contribution in [0.4, 0.5) is 0 Å². The van der Waals surface area contributed by atoms with Crippen LogP contribution in [-0.4, -0.2) is 30.1 Å². The van der Waals surface area contributed by atoms with Gasteiger partial charge in [0.25, 0.3) is 0 Å². The van der Waals surface area contributed by atoms with Crippen molar-refractivity contribution in [3.8, 4) is 0 Å². The van der Waals surface area contributed by atoms with Crippen LogP contribution in [-0.2, 0) is 19.0 Å². The molecule has 4 aliphatic carbocycles. The molecule has 10 atom stereocenters. The van der Waals surface area contributed by atoms with Crippen LogP contribution in [0, 0.1) is 34.5 Å². The summed E-state index contributed by atoms with van der Waals surface area (Å²) >= 11 is 0. The van der Waals surface area contributed by atoms with Gasteiger partial charge in [0.1, 0.15) is 6.10 Å².